The molecule has 7 nitrogen and oxygen atoms in total. The first kappa shape index (κ1) is 22.2. The number of primary amides is 1. The molecule has 1 aromatic heterocycles. The number of benzene rings is 2. The zero-order chi connectivity index (χ0) is 22.9. The van der Waals surface area contributed by atoms with E-state index in [1.54, 1.807) is 18.2 Å². The summed E-state index contributed by atoms with van der Waals surface area (Å²) in [6, 6.07) is 18.1. The van der Waals surface area contributed by atoms with Crippen molar-refractivity contribution in [3.63, 3.8) is 0 Å². The van der Waals surface area contributed by atoms with E-state index in [0.29, 0.717) is 18.5 Å². The van der Waals surface area contributed by atoms with Gasteiger partial charge < -0.3 is 10.5 Å². The molecule has 32 heavy (non-hydrogen) atoms. The summed E-state index contributed by atoms with van der Waals surface area (Å²) in [4.78, 5) is 26.0. The molecule has 166 valence electrons. The number of ether oxygens (including phenoxy) is 1. The van der Waals surface area contributed by atoms with Gasteiger partial charge in [-0.15, -0.1) is 11.3 Å². The molecule has 0 bridgehead atoms. The minimum atomic E-state index is -2.46. The number of carbonyl (C=O) groups excluding carboxylic acids is 2. The van der Waals surface area contributed by atoms with Crippen molar-refractivity contribution in [1.82, 2.24) is 0 Å². The summed E-state index contributed by atoms with van der Waals surface area (Å²) in [7, 11) is 0. The average Bonchev–Trinajstić information content (AvgIpc) is 3.17. The van der Waals surface area contributed by atoms with Crippen molar-refractivity contribution < 1.29 is 23.1 Å². The number of thiophene rings is 1. The van der Waals surface area contributed by atoms with Crippen LogP contribution in [0.1, 0.15) is 34.5 Å². The standard InChI is InChI=1S/C23H22N2O5S2/c1-15-8-10-17(11-9-15)25(32(28)29)18-14-19(16-6-3-2-4-7-16)31-20(18)21(26)30-23(22(24)27)12-5-13-23/h2-4,6-11,14H,5,12-13H2,1H3,(H2,24,27)(H,28,29). The molecule has 0 radical (unpaired) electrons. The van der Waals surface area contributed by atoms with Gasteiger partial charge in [-0.3, -0.25) is 9.35 Å². The van der Waals surface area contributed by atoms with Crippen molar-refractivity contribution >= 4 is 45.9 Å². The smallest absolute Gasteiger partial charge is 0.351 e. The van der Waals surface area contributed by atoms with Crippen molar-refractivity contribution in [3.8, 4) is 10.4 Å². The second-order valence-corrected chi connectivity index (χ2v) is 9.53. The number of nitrogens with zero attached hydrogens (tertiary/aromatic N) is 1. The predicted molar refractivity (Wildman–Crippen MR) is 125 cm³/mol. The number of hydrogen-bond acceptors (Lipinski definition) is 5. The van der Waals surface area contributed by atoms with E-state index in [0.717, 1.165) is 38.1 Å². The predicted octanol–water partition coefficient (Wildman–Crippen LogP) is 4.56. The molecule has 1 fully saturated rings. The highest BCUT2D eigenvalue weighted by atomic mass is 32.2. The van der Waals surface area contributed by atoms with Crippen molar-refractivity contribution in [2.45, 2.75) is 31.8 Å². The molecule has 1 heterocycles. The molecule has 3 aromatic rings. The van der Waals surface area contributed by atoms with Crippen molar-refractivity contribution in [2.75, 3.05) is 4.31 Å². The van der Waals surface area contributed by atoms with Gasteiger partial charge in [0.25, 0.3) is 17.2 Å². The molecule has 1 saturated carbocycles. The number of carbonyl (C=O) groups is 2. The van der Waals surface area contributed by atoms with Gasteiger partial charge >= 0.3 is 5.97 Å². The van der Waals surface area contributed by atoms with Crippen LogP contribution in [0.4, 0.5) is 11.4 Å². The van der Waals surface area contributed by atoms with Gasteiger partial charge in [-0.05, 0) is 49.9 Å². The van der Waals surface area contributed by atoms with E-state index in [4.69, 9.17) is 10.5 Å². The van der Waals surface area contributed by atoms with E-state index in [1.165, 1.54) is 0 Å². The number of anilines is 2. The first-order chi connectivity index (χ1) is 15.3. The highest BCUT2D eigenvalue weighted by molar-refractivity contribution is 7.81. The summed E-state index contributed by atoms with van der Waals surface area (Å²) >= 11 is -1.32. The van der Waals surface area contributed by atoms with Crippen LogP contribution in [0.25, 0.3) is 10.4 Å². The van der Waals surface area contributed by atoms with E-state index in [-0.39, 0.29) is 10.6 Å². The fraction of sp³-hybridized carbons (Fsp3) is 0.217. The normalized spacial score (nSPS) is 15.4. The first-order valence-corrected chi connectivity index (χ1v) is 11.9. The van der Waals surface area contributed by atoms with Gasteiger partial charge in [0, 0.05) is 4.88 Å². The number of hydrogen-bond donors (Lipinski definition) is 2. The Labute approximate surface area is 192 Å². The van der Waals surface area contributed by atoms with E-state index in [2.05, 4.69) is 0 Å². The van der Waals surface area contributed by atoms with Gasteiger partial charge in [0.2, 0.25) is 0 Å². The molecular formula is C23H22N2O5S2. The Hall–Kier alpha value is -3.01. The molecule has 0 saturated heterocycles. The van der Waals surface area contributed by atoms with Gasteiger partial charge in [0.15, 0.2) is 5.60 Å². The number of aryl methyl sites for hydroxylation is 1. The number of nitrogens with two attached hydrogens (primary N) is 1. The third-order valence-corrected chi connectivity index (χ3v) is 7.37. The molecule has 3 N–H and O–H groups in total. The molecule has 4 rings (SSSR count). The molecule has 1 aliphatic carbocycles. The topological polar surface area (TPSA) is 110 Å². The summed E-state index contributed by atoms with van der Waals surface area (Å²) in [6.07, 6.45) is 1.47. The highest BCUT2D eigenvalue weighted by Crippen LogP contribution is 2.43. The molecule has 0 spiro atoms. The lowest BCUT2D eigenvalue weighted by Crippen LogP contribution is -2.52. The fourth-order valence-corrected chi connectivity index (χ4v) is 5.23. The van der Waals surface area contributed by atoms with Crippen LogP contribution in [0.5, 0.6) is 0 Å². The molecule has 9 heteroatoms. The molecule has 1 amide bonds. The van der Waals surface area contributed by atoms with Crippen molar-refractivity contribution in [1.29, 1.82) is 0 Å². The minimum absolute atomic E-state index is 0.124. The maximum Gasteiger partial charge on any atom is 0.351 e. The zero-order valence-corrected chi connectivity index (χ0v) is 18.9. The number of amides is 1. The van der Waals surface area contributed by atoms with Crippen LogP contribution < -0.4 is 10.0 Å². The Kier molecular flexibility index (Phi) is 6.14. The summed E-state index contributed by atoms with van der Waals surface area (Å²) in [5.74, 6) is -1.42. The van der Waals surface area contributed by atoms with Gasteiger partial charge in [0.1, 0.15) is 4.88 Å². The Bertz CT molecular complexity index is 1170. The second-order valence-electron chi connectivity index (χ2n) is 7.65. The Morgan fingerprint density at radius 1 is 1.12 bits per heavy atom. The summed E-state index contributed by atoms with van der Waals surface area (Å²) in [5, 5.41) is 0. The largest absolute Gasteiger partial charge is 0.445 e. The molecule has 1 atom stereocenters. The van der Waals surface area contributed by atoms with E-state index in [9.17, 15) is 18.4 Å². The van der Waals surface area contributed by atoms with Crippen LogP contribution in [-0.2, 0) is 20.8 Å². The van der Waals surface area contributed by atoms with Gasteiger partial charge in [0.05, 0.1) is 11.4 Å². The van der Waals surface area contributed by atoms with Gasteiger partial charge in [-0.25, -0.2) is 13.3 Å². The SMILES string of the molecule is Cc1ccc(N(c2cc(-c3ccccc3)sc2C(=O)OC2(C(N)=O)CCC2)S(=O)O)cc1. The first-order valence-electron chi connectivity index (χ1n) is 10.0. The lowest BCUT2D eigenvalue weighted by molar-refractivity contribution is -0.146. The van der Waals surface area contributed by atoms with Crippen LogP contribution in [-0.4, -0.2) is 26.2 Å². The molecule has 2 aromatic carbocycles. The highest BCUT2D eigenvalue weighted by Gasteiger charge is 2.47. The van der Waals surface area contributed by atoms with Crippen LogP contribution in [0.15, 0.2) is 60.7 Å². The lowest BCUT2D eigenvalue weighted by Gasteiger charge is -2.37. The maximum absolute atomic E-state index is 13.2. The lowest BCUT2D eigenvalue weighted by atomic mass is 9.79. The summed E-state index contributed by atoms with van der Waals surface area (Å²) in [6.45, 7) is 1.91. The Balaban J connectivity index is 1.81. The van der Waals surface area contributed by atoms with Crippen LogP contribution in [0.3, 0.4) is 0 Å². The van der Waals surface area contributed by atoms with Crippen LogP contribution in [0, 0.1) is 6.92 Å². The van der Waals surface area contributed by atoms with Gasteiger partial charge in [-0.2, -0.15) is 0 Å². The quantitative estimate of drug-likeness (QED) is 0.388. The molecule has 1 aliphatic rings. The second kappa shape index (κ2) is 8.85. The third-order valence-electron chi connectivity index (χ3n) is 5.50. The molecule has 0 aliphatic heterocycles. The fourth-order valence-electron chi connectivity index (χ4n) is 3.54. The van der Waals surface area contributed by atoms with E-state index < -0.39 is 28.7 Å². The van der Waals surface area contributed by atoms with E-state index >= 15 is 0 Å². The monoisotopic (exact) mass is 470 g/mol. The molecular weight excluding hydrogens is 448 g/mol. The van der Waals surface area contributed by atoms with Crippen LogP contribution >= 0.6 is 11.3 Å². The summed E-state index contributed by atoms with van der Waals surface area (Å²) < 4.78 is 29.3. The summed E-state index contributed by atoms with van der Waals surface area (Å²) in [5.41, 5.74) is 6.67. The Morgan fingerprint density at radius 2 is 1.78 bits per heavy atom. The third kappa shape index (κ3) is 4.19. The van der Waals surface area contributed by atoms with Gasteiger partial charge in [-0.1, -0.05) is 48.0 Å². The average molecular weight is 471 g/mol. The zero-order valence-electron chi connectivity index (χ0n) is 17.3. The Morgan fingerprint density at radius 3 is 2.31 bits per heavy atom. The number of rotatable bonds is 7. The van der Waals surface area contributed by atoms with Crippen LogP contribution in [0.2, 0.25) is 0 Å². The minimum Gasteiger partial charge on any atom is -0.445 e. The molecule has 1 unspecified atom stereocenters. The number of esters is 1. The van der Waals surface area contributed by atoms with Crippen molar-refractivity contribution in [2.24, 2.45) is 5.73 Å². The van der Waals surface area contributed by atoms with E-state index in [1.807, 2.05) is 49.4 Å². The van der Waals surface area contributed by atoms with Crippen molar-refractivity contribution in [3.05, 3.63) is 71.1 Å². The maximum atomic E-state index is 13.2.